The summed E-state index contributed by atoms with van der Waals surface area (Å²) < 4.78 is 0. The Bertz CT molecular complexity index is 1250. The van der Waals surface area contributed by atoms with E-state index >= 15 is 0 Å². The van der Waals surface area contributed by atoms with Crippen molar-refractivity contribution in [2.45, 2.75) is 6.92 Å². The smallest absolute Gasteiger partial charge is 0.254 e. The molecule has 1 saturated heterocycles. The molecule has 5 rings (SSSR count). The van der Waals surface area contributed by atoms with Gasteiger partial charge in [-0.15, -0.1) is 0 Å². The molecular formula is C25H22ClN3OS. The molecular weight excluding hydrogens is 426 g/mol. The number of amides is 1. The summed E-state index contributed by atoms with van der Waals surface area (Å²) in [6, 6.07) is 18.0. The highest BCUT2D eigenvalue weighted by atomic mass is 35.5. The number of rotatable bonds is 3. The maximum atomic E-state index is 13.6. The van der Waals surface area contributed by atoms with Crippen molar-refractivity contribution in [1.82, 2.24) is 9.88 Å². The Balaban J connectivity index is 1.46. The molecule has 1 amide bonds. The van der Waals surface area contributed by atoms with E-state index < -0.39 is 0 Å². The Morgan fingerprint density at radius 3 is 2.58 bits per heavy atom. The van der Waals surface area contributed by atoms with E-state index in [1.165, 1.54) is 0 Å². The van der Waals surface area contributed by atoms with Crippen LogP contribution in [0.2, 0.25) is 5.02 Å². The quantitative estimate of drug-likeness (QED) is 0.393. The van der Waals surface area contributed by atoms with E-state index in [0.29, 0.717) is 13.1 Å². The monoisotopic (exact) mass is 447 g/mol. The molecule has 4 nitrogen and oxygen atoms in total. The Morgan fingerprint density at radius 1 is 1.03 bits per heavy atom. The largest absolute Gasteiger partial charge is 0.367 e. The summed E-state index contributed by atoms with van der Waals surface area (Å²) in [7, 11) is 0. The molecule has 1 aliphatic rings. The minimum atomic E-state index is 0.0632. The van der Waals surface area contributed by atoms with Crippen LogP contribution in [0, 0.1) is 6.92 Å². The third-order valence-electron chi connectivity index (χ3n) is 5.77. The Hall–Kier alpha value is -2.89. The number of piperazine rings is 1. The molecule has 6 heteroatoms. The van der Waals surface area contributed by atoms with Gasteiger partial charge in [0.1, 0.15) is 0 Å². The van der Waals surface area contributed by atoms with Crippen molar-refractivity contribution in [3.8, 4) is 11.3 Å². The van der Waals surface area contributed by atoms with Crippen LogP contribution >= 0.6 is 22.9 Å². The zero-order valence-corrected chi connectivity index (χ0v) is 18.8. The number of thiophene rings is 1. The number of halogens is 1. The van der Waals surface area contributed by atoms with Crippen LogP contribution in [0.3, 0.4) is 0 Å². The van der Waals surface area contributed by atoms with Crippen molar-refractivity contribution >= 4 is 45.4 Å². The molecule has 0 spiro atoms. The number of fused-ring (bicyclic) bond motifs is 1. The molecule has 156 valence electrons. The maximum absolute atomic E-state index is 13.6. The zero-order chi connectivity index (χ0) is 21.4. The summed E-state index contributed by atoms with van der Waals surface area (Å²) in [6.45, 7) is 4.88. The molecule has 0 unspecified atom stereocenters. The molecule has 4 aromatic rings. The minimum absolute atomic E-state index is 0.0632. The van der Waals surface area contributed by atoms with Gasteiger partial charge in [0.15, 0.2) is 0 Å². The predicted octanol–water partition coefficient (Wildman–Crippen LogP) is 5.89. The molecule has 1 fully saturated rings. The van der Waals surface area contributed by atoms with Crippen LogP contribution in [-0.4, -0.2) is 42.0 Å². The zero-order valence-electron chi connectivity index (χ0n) is 17.2. The molecule has 0 atom stereocenters. The molecule has 0 N–H and O–H groups in total. The van der Waals surface area contributed by atoms with Gasteiger partial charge >= 0.3 is 0 Å². The standard InChI is InChI=1S/C25H22ClN3OS/c1-17-6-7-22-19(14-17)20(15-23(27-22)18-8-13-31-16-18)25(30)29-11-9-28(10-12-29)24-5-3-2-4-21(24)26/h2-8,13-16H,9-12H2,1H3. The van der Waals surface area contributed by atoms with Crippen LogP contribution in [0.15, 0.2) is 65.4 Å². The number of benzene rings is 2. The van der Waals surface area contributed by atoms with Crippen LogP contribution in [0.25, 0.3) is 22.2 Å². The first kappa shape index (κ1) is 20.0. The van der Waals surface area contributed by atoms with Crippen molar-refractivity contribution in [3.05, 3.63) is 81.5 Å². The summed E-state index contributed by atoms with van der Waals surface area (Å²) in [5.74, 6) is 0.0632. The fraction of sp³-hybridized carbons (Fsp3) is 0.200. The fourth-order valence-corrected chi connectivity index (χ4v) is 5.01. The lowest BCUT2D eigenvalue weighted by molar-refractivity contribution is 0.0749. The highest BCUT2D eigenvalue weighted by molar-refractivity contribution is 7.08. The number of carbonyl (C=O) groups is 1. The van der Waals surface area contributed by atoms with E-state index in [9.17, 15) is 4.79 Å². The van der Waals surface area contributed by atoms with Gasteiger partial charge in [-0.1, -0.05) is 35.4 Å². The van der Waals surface area contributed by atoms with E-state index in [0.717, 1.165) is 57.1 Å². The molecule has 31 heavy (non-hydrogen) atoms. The first-order valence-corrected chi connectivity index (χ1v) is 11.6. The number of aryl methyl sites for hydroxylation is 1. The second-order valence-corrected chi connectivity index (χ2v) is 9.01. The van der Waals surface area contributed by atoms with E-state index in [-0.39, 0.29) is 5.91 Å². The number of carbonyl (C=O) groups excluding carboxylic acids is 1. The maximum Gasteiger partial charge on any atom is 0.254 e. The van der Waals surface area contributed by atoms with Gasteiger partial charge in [-0.05, 0) is 48.7 Å². The predicted molar refractivity (Wildman–Crippen MR) is 129 cm³/mol. The first-order valence-electron chi connectivity index (χ1n) is 10.3. The van der Waals surface area contributed by atoms with Gasteiger partial charge in [0.05, 0.1) is 27.5 Å². The van der Waals surface area contributed by atoms with E-state index in [4.69, 9.17) is 16.6 Å². The summed E-state index contributed by atoms with van der Waals surface area (Å²) in [6.07, 6.45) is 0. The van der Waals surface area contributed by atoms with Crippen molar-refractivity contribution in [1.29, 1.82) is 0 Å². The molecule has 0 aliphatic carbocycles. The summed E-state index contributed by atoms with van der Waals surface area (Å²) in [4.78, 5) is 22.6. The number of hydrogen-bond donors (Lipinski definition) is 0. The van der Waals surface area contributed by atoms with Gasteiger partial charge in [-0.2, -0.15) is 11.3 Å². The Morgan fingerprint density at radius 2 is 1.84 bits per heavy atom. The molecule has 0 bridgehead atoms. The van der Waals surface area contributed by atoms with Gasteiger partial charge in [0.2, 0.25) is 0 Å². The molecule has 1 aliphatic heterocycles. The van der Waals surface area contributed by atoms with Crippen molar-refractivity contribution in [3.63, 3.8) is 0 Å². The summed E-state index contributed by atoms with van der Waals surface area (Å²) >= 11 is 8.00. The summed E-state index contributed by atoms with van der Waals surface area (Å²) in [5.41, 5.74) is 5.62. The van der Waals surface area contributed by atoms with Gasteiger partial charge in [-0.3, -0.25) is 4.79 Å². The molecule has 2 aromatic carbocycles. The van der Waals surface area contributed by atoms with E-state index in [1.54, 1.807) is 11.3 Å². The van der Waals surface area contributed by atoms with Crippen LogP contribution in [0.4, 0.5) is 5.69 Å². The second-order valence-electron chi connectivity index (χ2n) is 7.82. The normalized spacial score (nSPS) is 14.3. The van der Waals surface area contributed by atoms with Crippen molar-refractivity contribution in [2.75, 3.05) is 31.1 Å². The van der Waals surface area contributed by atoms with E-state index in [2.05, 4.69) is 16.3 Å². The lowest BCUT2D eigenvalue weighted by atomic mass is 10.0. The highest BCUT2D eigenvalue weighted by Crippen LogP contribution is 2.29. The lowest BCUT2D eigenvalue weighted by Gasteiger charge is -2.36. The number of para-hydroxylation sites is 1. The van der Waals surface area contributed by atoms with Crippen molar-refractivity contribution in [2.24, 2.45) is 0 Å². The van der Waals surface area contributed by atoms with Crippen LogP contribution in [0.1, 0.15) is 15.9 Å². The Labute approximate surface area is 190 Å². The third kappa shape index (κ3) is 3.91. The first-order chi connectivity index (χ1) is 15.1. The van der Waals surface area contributed by atoms with Crippen LogP contribution in [-0.2, 0) is 0 Å². The average Bonchev–Trinajstić information content (AvgIpc) is 3.33. The summed E-state index contributed by atoms with van der Waals surface area (Å²) in [5, 5.41) is 5.76. The number of hydrogen-bond acceptors (Lipinski definition) is 4. The van der Waals surface area contributed by atoms with Crippen LogP contribution < -0.4 is 4.90 Å². The van der Waals surface area contributed by atoms with Crippen LogP contribution in [0.5, 0.6) is 0 Å². The lowest BCUT2D eigenvalue weighted by Crippen LogP contribution is -2.49. The van der Waals surface area contributed by atoms with Gasteiger partial charge in [-0.25, -0.2) is 4.98 Å². The topological polar surface area (TPSA) is 36.4 Å². The highest BCUT2D eigenvalue weighted by Gasteiger charge is 2.25. The Kier molecular flexibility index (Phi) is 5.38. The minimum Gasteiger partial charge on any atom is -0.367 e. The molecule has 0 radical (unpaired) electrons. The SMILES string of the molecule is Cc1ccc2nc(-c3ccsc3)cc(C(=O)N3CCN(c4ccccc4Cl)CC3)c2c1. The second kappa shape index (κ2) is 8.33. The van der Waals surface area contributed by atoms with Crippen molar-refractivity contribution < 1.29 is 4.79 Å². The molecule has 0 saturated carbocycles. The number of nitrogens with zero attached hydrogens (tertiary/aromatic N) is 3. The van der Waals surface area contributed by atoms with E-state index in [1.807, 2.05) is 65.7 Å². The van der Waals surface area contributed by atoms with Gasteiger partial charge in [0, 0.05) is 42.5 Å². The number of anilines is 1. The molecule has 2 aromatic heterocycles. The fourth-order valence-electron chi connectivity index (χ4n) is 4.10. The van der Waals surface area contributed by atoms with Gasteiger partial charge in [0.25, 0.3) is 5.91 Å². The van der Waals surface area contributed by atoms with Gasteiger partial charge < -0.3 is 9.80 Å². The third-order valence-corrected chi connectivity index (χ3v) is 6.77. The number of pyridine rings is 1. The number of aromatic nitrogens is 1. The molecule has 3 heterocycles. The average molecular weight is 448 g/mol.